The Morgan fingerprint density at radius 1 is 1.39 bits per heavy atom. The molecule has 106 valence electrons. The largest absolute Gasteiger partial charge is 0.331 e. The zero-order valence-electron chi connectivity index (χ0n) is 11.6. The quantitative estimate of drug-likeness (QED) is 0.794. The molecule has 1 atom stereocenters. The Morgan fingerprint density at radius 3 is 2.50 bits per heavy atom. The number of amides is 2. The van der Waals surface area contributed by atoms with Gasteiger partial charge in [0.1, 0.15) is 0 Å². The summed E-state index contributed by atoms with van der Waals surface area (Å²) in [5.74, 6) is 1.46. The molecule has 2 amide bonds. The van der Waals surface area contributed by atoms with E-state index in [0.717, 1.165) is 44.0 Å². The van der Waals surface area contributed by atoms with Crippen LogP contribution in [-0.4, -0.2) is 71.3 Å². The van der Waals surface area contributed by atoms with E-state index < -0.39 is 10.8 Å². The second kappa shape index (κ2) is 7.74. The van der Waals surface area contributed by atoms with Crippen molar-refractivity contribution in [2.45, 2.75) is 25.8 Å². The van der Waals surface area contributed by atoms with Gasteiger partial charge in [0.15, 0.2) is 0 Å². The monoisotopic (exact) mass is 275 g/mol. The van der Waals surface area contributed by atoms with Gasteiger partial charge < -0.3 is 15.1 Å². The van der Waals surface area contributed by atoms with Crippen molar-refractivity contribution < 1.29 is 9.00 Å². The Morgan fingerprint density at radius 2 is 2.00 bits per heavy atom. The number of hydrogen-bond donors (Lipinski definition) is 1. The fourth-order valence-electron chi connectivity index (χ4n) is 2.08. The van der Waals surface area contributed by atoms with Crippen molar-refractivity contribution in [3.63, 3.8) is 0 Å². The molecule has 1 heterocycles. The average Bonchev–Trinajstić information content (AvgIpc) is 2.38. The van der Waals surface area contributed by atoms with E-state index in [1.807, 2.05) is 11.8 Å². The summed E-state index contributed by atoms with van der Waals surface area (Å²) in [5.41, 5.74) is 0. The minimum atomic E-state index is -0.686. The van der Waals surface area contributed by atoms with Gasteiger partial charge >= 0.3 is 6.03 Å². The van der Waals surface area contributed by atoms with E-state index in [4.69, 9.17) is 0 Å². The lowest BCUT2D eigenvalue weighted by Crippen LogP contribution is -2.48. The molecule has 6 heteroatoms. The average molecular weight is 275 g/mol. The van der Waals surface area contributed by atoms with E-state index in [1.54, 1.807) is 19.0 Å². The fraction of sp³-hybridized carbons (Fsp3) is 0.917. The maximum absolute atomic E-state index is 11.7. The van der Waals surface area contributed by atoms with E-state index in [2.05, 4.69) is 5.32 Å². The topological polar surface area (TPSA) is 52.7 Å². The number of hydrogen-bond acceptors (Lipinski definition) is 3. The molecule has 0 aliphatic carbocycles. The van der Waals surface area contributed by atoms with Gasteiger partial charge in [-0.15, -0.1) is 0 Å². The van der Waals surface area contributed by atoms with Crippen molar-refractivity contribution in [3.8, 4) is 0 Å². The molecule has 1 fully saturated rings. The number of urea groups is 1. The lowest BCUT2D eigenvalue weighted by Gasteiger charge is -2.34. The van der Waals surface area contributed by atoms with Gasteiger partial charge in [-0.1, -0.05) is 6.92 Å². The van der Waals surface area contributed by atoms with Crippen LogP contribution in [0.1, 0.15) is 19.8 Å². The van der Waals surface area contributed by atoms with Crippen LogP contribution in [0.3, 0.4) is 0 Å². The number of carbonyl (C=O) groups is 1. The second-order valence-corrected chi connectivity index (χ2v) is 6.69. The van der Waals surface area contributed by atoms with Crippen LogP contribution in [0.15, 0.2) is 0 Å². The standard InChI is InChI=1S/C12H25N3O2S/c1-4-18(17)10-7-13-11-5-8-15(9-6-11)12(16)14(2)3/h11,13H,4-10H2,1-3H3. The molecule has 1 N–H and O–H groups in total. The summed E-state index contributed by atoms with van der Waals surface area (Å²) in [4.78, 5) is 15.3. The maximum atomic E-state index is 11.7. The molecule has 0 aromatic carbocycles. The lowest BCUT2D eigenvalue weighted by atomic mass is 10.1. The van der Waals surface area contributed by atoms with Crippen molar-refractivity contribution in [1.29, 1.82) is 0 Å². The van der Waals surface area contributed by atoms with Crippen LogP contribution in [0, 0.1) is 0 Å². The predicted molar refractivity (Wildman–Crippen MR) is 75.2 cm³/mol. The van der Waals surface area contributed by atoms with E-state index in [0.29, 0.717) is 6.04 Å². The van der Waals surface area contributed by atoms with E-state index in [-0.39, 0.29) is 6.03 Å². The van der Waals surface area contributed by atoms with Crippen LogP contribution < -0.4 is 5.32 Å². The molecule has 0 aromatic heterocycles. The molecule has 0 saturated carbocycles. The molecule has 5 nitrogen and oxygen atoms in total. The van der Waals surface area contributed by atoms with E-state index in [9.17, 15) is 9.00 Å². The molecule has 18 heavy (non-hydrogen) atoms. The third-order valence-electron chi connectivity index (χ3n) is 3.23. The smallest absolute Gasteiger partial charge is 0.319 e. The first-order chi connectivity index (χ1) is 8.54. The van der Waals surface area contributed by atoms with Gasteiger partial charge in [0.25, 0.3) is 0 Å². The van der Waals surface area contributed by atoms with Crippen LogP contribution in [-0.2, 0) is 10.8 Å². The second-order valence-electron chi connectivity index (χ2n) is 4.83. The number of piperidine rings is 1. The number of carbonyl (C=O) groups excluding carboxylic acids is 1. The fourth-order valence-corrected chi connectivity index (χ4v) is 2.71. The summed E-state index contributed by atoms with van der Waals surface area (Å²) < 4.78 is 11.3. The number of rotatable bonds is 5. The number of nitrogens with zero attached hydrogens (tertiary/aromatic N) is 2. The zero-order chi connectivity index (χ0) is 13.5. The van der Waals surface area contributed by atoms with Gasteiger partial charge in [0.05, 0.1) is 0 Å². The summed E-state index contributed by atoms with van der Waals surface area (Å²) in [7, 11) is 2.88. The van der Waals surface area contributed by atoms with E-state index in [1.165, 1.54) is 0 Å². The first-order valence-electron chi connectivity index (χ1n) is 6.59. The highest BCUT2D eigenvalue weighted by atomic mass is 32.2. The normalized spacial score (nSPS) is 18.7. The Labute approximate surface area is 112 Å². The highest BCUT2D eigenvalue weighted by molar-refractivity contribution is 7.84. The molecule has 0 radical (unpaired) electrons. The summed E-state index contributed by atoms with van der Waals surface area (Å²) in [5, 5.41) is 3.43. The van der Waals surface area contributed by atoms with Crippen molar-refractivity contribution in [2.24, 2.45) is 0 Å². The third kappa shape index (κ3) is 4.94. The molecule has 1 aliphatic rings. The zero-order valence-corrected chi connectivity index (χ0v) is 12.5. The highest BCUT2D eigenvalue weighted by Crippen LogP contribution is 2.11. The van der Waals surface area contributed by atoms with Crippen LogP contribution >= 0.6 is 0 Å². The van der Waals surface area contributed by atoms with Crippen LogP contribution in [0.4, 0.5) is 4.79 Å². The Hall–Kier alpha value is -0.620. The molecule has 0 bridgehead atoms. The Balaban J connectivity index is 2.19. The Bertz CT molecular complexity index is 289. The van der Waals surface area contributed by atoms with Crippen molar-refractivity contribution >= 4 is 16.8 Å². The Kier molecular flexibility index (Phi) is 6.63. The lowest BCUT2D eigenvalue weighted by molar-refractivity contribution is 0.153. The first-order valence-corrected chi connectivity index (χ1v) is 8.08. The third-order valence-corrected chi connectivity index (χ3v) is 4.54. The van der Waals surface area contributed by atoms with Crippen molar-refractivity contribution in [3.05, 3.63) is 0 Å². The molecule has 1 aliphatic heterocycles. The molecular formula is C12H25N3O2S. The molecule has 0 spiro atoms. The molecule has 1 saturated heterocycles. The molecule has 1 rings (SSSR count). The van der Waals surface area contributed by atoms with Gasteiger partial charge in [0.2, 0.25) is 0 Å². The summed E-state index contributed by atoms with van der Waals surface area (Å²) >= 11 is 0. The maximum Gasteiger partial charge on any atom is 0.319 e. The molecular weight excluding hydrogens is 250 g/mol. The summed E-state index contributed by atoms with van der Waals surface area (Å²) in [6.45, 7) is 4.38. The van der Waals surface area contributed by atoms with Crippen LogP contribution in [0.5, 0.6) is 0 Å². The number of likely N-dealkylation sites (tertiary alicyclic amines) is 1. The molecule has 0 aromatic rings. The molecule has 1 unspecified atom stereocenters. The van der Waals surface area contributed by atoms with Crippen LogP contribution in [0.25, 0.3) is 0 Å². The van der Waals surface area contributed by atoms with E-state index >= 15 is 0 Å². The SMILES string of the molecule is CCS(=O)CCNC1CCN(C(=O)N(C)C)CC1. The summed E-state index contributed by atoms with van der Waals surface area (Å²) in [6.07, 6.45) is 1.97. The van der Waals surface area contributed by atoms with Gasteiger partial charge in [-0.3, -0.25) is 4.21 Å². The van der Waals surface area contributed by atoms with Gasteiger partial charge in [-0.25, -0.2) is 4.79 Å². The van der Waals surface area contributed by atoms with Gasteiger partial charge in [0, 0.05) is 62.1 Å². The van der Waals surface area contributed by atoms with Crippen molar-refractivity contribution in [1.82, 2.24) is 15.1 Å². The van der Waals surface area contributed by atoms with Gasteiger partial charge in [-0.2, -0.15) is 0 Å². The number of nitrogens with one attached hydrogen (secondary N) is 1. The summed E-state index contributed by atoms with van der Waals surface area (Å²) in [6, 6.07) is 0.561. The minimum Gasteiger partial charge on any atom is -0.331 e. The minimum absolute atomic E-state index is 0.0977. The van der Waals surface area contributed by atoms with Gasteiger partial charge in [-0.05, 0) is 12.8 Å². The first kappa shape index (κ1) is 15.4. The predicted octanol–water partition coefficient (Wildman–Crippen LogP) is 0.491. The van der Waals surface area contributed by atoms with Crippen molar-refractivity contribution in [2.75, 3.05) is 45.2 Å². The van der Waals surface area contributed by atoms with Crippen LogP contribution in [0.2, 0.25) is 0 Å². The highest BCUT2D eigenvalue weighted by Gasteiger charge is 2.23.